The number of likely N-dealkylation sites (tertiary alicyclic amines) is 1. The maximum atomic E-state index is 14.1. The molecule has 6 N–H and O–H groups in total. The van der Waals surface area contributed by atoms with Gasteiger partial charge in [-0.1, -0.05) is 115 Å². The van der Waals surface area contributed by atoms with Gasteiger partial charge in [0.05, 0.1) is 40.0 Å². The summed E-state index contributed by atoms with van der Waals surface area (Å²) in [5, 5.41) is 20.5. The van der Waals surface area contributed by atoms with Crippen LogP contribution >= 0.6 is 11.3 Å². The number of aliphatic hydroxyl groups is 1. The first kappa shape index (κ1) is 62.7. The van der Waals surface area contributed by atoms with E-state index in [0.29, 0.717) is 74.2 Å². The molecule has 3 aromatic carbocycles. The van der Waals surface area contributed by atoms with Crippen molar-refractivity contribution in [3.05, 3.63) is 107 Å². The summed E-state index contributed by atoms with van der Waals surface area (Å²) in [5.41, 5.74) is 15.0. The van der Waals surface area contributed by atoms with Crippen LogP contribution < -0.4 is 31.3 Å². The number of ether oxygens (including phenoxy) is 1. The predicted octanol–water partition coefficient (Wildman–Crippen LogP) is 10.7. The lowest BCUT2D eigenvalue weighted by Crippen LogP contribution is -2.57. The Balaban J connectivity index is 0.680. The van der Waals surface area contributed by atoms with Crippen LogP contribution in [0.1, 0.15) is 146 Å². The highest BCUT2D eigenvalue weighted by atomic mass is 32.1. The van der Waals surface area contributed by atoms with Crippen LogP contribution in [0.2, 0.25) is 0 Å². The first-order valence-corrected chi connectivity index (χ1v) is 30.2. The molecule has 2 aliphatic heterocycles. The van der Waals surface area contributed by atoms with Crippen molar-refractivity contribution in [3.8, 4) is 27.3 Å². The average molecular weight is 1180 g/mol. The number of hydrogen-bond donors (Lipinski definition) is 5. The van der Waals surface area contributed by atoms with Gasteiger partial charge in [-0.25, -0.2) is 15.0 Å². The summed E-state index contributed by atoms with van der Waals surface area (Å²) >= 11 is 1.58. The Labute approximate surface area is 493 Å². The van der Waals surface area contributed by atoms with Gasteiger partial charge in [-0.15, -0.1) is 24.5 Å². The van der Waals surface area contributed by atoms with Gasteiger partial charge < -0.3 is 45.9 Å². The van der Waals surface area contributed by atoms with E-state index >= 15 is 0 Å². The number of aryl methyl sites for hydroxylation is 2. The highest BCUT2D eigenvalue weighted by Crippen LogP contribution is 2.38. The van der Waals surface area contributed by atoms with Crippen LogP contribution in [0.3, 0.4) is 0 Å². The van der Waals surface area contributed by atoms with Crippen LogP contribution in [-0.4, -0.2) is 103 Å². The largest absolute Gasteiger partial charge is 0.573 e. The molecule has 0 unspecified atom stereocenters. The Morgan fingerprint density at radius 1 is 0.833 bits per heavy atom. The number of thiazole rings is 1. The van der Waals surface area contributed by atoms with Gasteiger partial charge in [0.2, 0.25) is 29.5 Å². The van der Waals surface area contributed by atoms with Crippen LogP contribution in [0.4, 0.5) is 24.7 Å². The number of carbonyl (C=O) groups is 5. The number of nitrogens with one attached hydrogen (secondary N) is 3. The van der Waals surface area contributed by atoms with Gasteiger partial charge in [0.15, 0.2) is 0 Å². The smallest absolute Gasteiger partial charge is 0.406 e. The van der Waals surface area contributed by atoms with Crippen LogP contribution in [-0.2, 0) is 43.4 Å². The van der Waals surface area contributed by atoms with Crippen molar-refractivity contribution < 1.29 is 47.0 Å². The molecule has 1 fully saturated rings. The number of β-amino-alcohol motifs (C(OH)–C–C–N with tert-alkyl or cyclic N) is 1. The Hall–Kier alpha value is -7.39. The third-order valence-corrected chi connectivity index (χ3v) is 16.8. The number of halogens is 3. The van der Waals surface area contributed by atoms with Crippen molar-refractivity contribution in [2.45, 2.75) is 174 Å². The Kier molecular flexibility index (Phi) is 21.2. The van der Waals surface area contributed by atoms with Gasteiger partial charge >= 0.3 is 6.36 Å². The van der Waals surface area contributed by atoms with Crippen LogP contribution in [0.5, 0.6) is 5.75 Å². The van der Waals surface area contributed by atoms with E-state index in [1.807, 2.05) is 93.4 Å². The third kappa shape index (κ3) is 16.7. The Morgan fingerprint density at radius 3 is 2.18 bits per heavy atom. The lowest BCUT2D eigenvalue weighted by atomic mass is 9.85. The molecule has 0 spiro atoms. The molecule has 0 bridgehead atoms. The average Bonchev–Trinajstić information content (AvgIpc) is 2.07. The quantitative estimate of drug-likeness (QED) is 0.0305. The van der Waals surface area contributed by atoms with E-state index in [0.717, 1.165) is 102 Å². The fourth-order valence-electron chi connectivity index (χ4n) is 11.3. The van der Waals surface area contributed by atoms with E-state index in [1.165, 1.54) is 29.4 Å². The first-order chi connectivity index (χ1) is 40.1. The number of rotatable bonds is 27. The number of unbranched alkanes of at least 4 members (excludes halogenated alkanes) is 9. The van der Waals surface area contributed by atoms with E-state index in [9.17, 15) is 42.3 Å². The lowest BCUT2D eigenvalue weighted by molar-refractivity contribution is -0.274. The summed E-state index contributed by atoms with van der Waals surface area (Å²) in [4.78, 5) is 84.5. The summed E-state index contributed by atoms with van der Waals surface area (Å²) in [6, 6.07) is 17.2. The molecule has 4 atom stereocenters. The van der Waals surface area contributed by atoms with E-state index in [-0.39, 0.29) is 60.7 Å². The number of benzene rings is 3. The SMILES string of the molecule is Cc1ncsc1-c1ccc([C@H](C)NC(=O)[C@@H]2C[C@@H](O)CN2C(=O)[C@@H](NC(=O)CCCCCCCCCCCCC(=O)NCCCn2cc(-c3ccc4c(c3)CCN4C(=O)Cc3cccc(OC(F)(F)F)c3)c3c(N)ncnc32)C(C)(C)C)cc1. The fraction of sp³-hybridized carbons (Fsp3) is 0.492. The van der Waals surface area contributed by atoms with E-state index in [2.05, 4.69) is 35.6 Å². The number of nitrogens with zero attached hydrogens (tertiary/aromatic N) is 6. The van der Waals surface area contributed by atoms with Crippen molar-refractivity contribution in [3.63, 3.8) is 0 Å². The number of hydrogen-bond acceptors (Lipinski definition) is 12. The van der Waals surface area contributed by atoms with Crippen LogP contribution in [0.15, 0.2) is 84.8 Å². The summed E-state index contributed by atoms with van der Waals surface area (Å²) < 4.78 is 44.4. The number of nitrogens with two attached hydrogens (primary N) is 1. The standard InChI is InChI=1S/C63H79F3N10O7S/c1-40(43-22-24-44(25-23-43)56-41(2)71-39-84-56)72-60(81)51-35-47(77)36-76(51)61(82)57(62(3,4)5)73-53(79)21-15-13-11-9-7-6-8-10-12-14-20-52(78)68-29-17-30-74-37-49(55-58(67)69-38-70-59(55)74)45-26-27-50-46(34-45)28-31-75(50)54(80)33-42-18-16-19-48(32-42)83-63(64,65)66/h16,18-19,22-27,32,34,37-40,47,51,57,77H,6-15,17,20-21,28-31,33,35-36H2,1-5H3,(H,68,78)(H,72,81)(H,73,79)(H2,67,69,70)/t40-,47+,51-,57+/m0/s1. The third-order valence-electron chi connectivity index (χ3n) is 15.8. The van der Waals surface area contributed by atoms with E-state index < -0.39 is 30.0 Å². The molecule has 5 heterocycles. The van der Waals surface area contributed by atoms with Gasteiger partial charge in [-0.05, 0) is 97.0 Å². The number of alkyl halides is 3. The molecule has 5 amide bonds. The molecule has 84 heavy (non-hydrogen) atoms. The van der Waals surface area contributed by atoms with Crippen molar-refractivity contribution in [1.82, 2.24) is 40.4 Å². The zero-order chi connectivity index (χ0) is 60.1. The molecule has 6 aromatic rings. The van der Waals surface area contributed by atoms with Gasteiger partial charge in [-0.3, -0.25) is 24.0 Å². The second-order valence-electron chi connectivity index (χ2n) is 23.3. The Bertz CT molecular complexity index is 3250. The second-order valence-corrected chi connectivity index (χ2v) is 24.2. The lowest BCUT2D eigenvalue weighted by Gasteiger charge is -2.35. The number of fused-ring (bicyclic) bond motifs is 2. The molecule has 17 nitrogen and oxygen atoms in total. The molecule has 21 heteroatoms. The predicted molar refractivity (Wildman–Crippen MR) is 320 cm³/mol. The van der Waals surface area contributed by atoms with Gasteiger partial charge in [0.1, 0.15) is 35.6 Å². The minimum Gasteiger partial charge on any atom is -0.406 e. The highest BCUT2D eigenvalue weighted by molar-refractivity contribution is 7.13. The van der Waals surface area contributed by atoms with Crippen molar-refractivity contribution in [2.75, 3.05) is 30.3 Å². The molecule has 3 aromatic heterocycles. The van der Waals surface area contributed by atoms with E-state index in [4.69, 9.17) is 5.73 Å². The zero-order valence-corrected chi connectivity index (χ0v) is 49.6. The molecule has 2 aliphatic rings. The summed E-state index contributed by atoms with van der Waals surface area (Å²) in [6.45, 7) is 11.1. The van der Waals surface area contributed by atoms with Crippen molar-refractivity contribution >= 4 is 63.4 Å². The first-order valence-electron chi connectivity index (χ1n) is 29.4. The molecule has 8 rings (SSSR count). The number of anilines is 2. The molecule has 0 saturated carbocycles. The van der Waals surface area contributed by atoms with Gasteiger partial charge in [0, 0.05) is 62.9 Å². The number of aromatic nitrogens is 4. The molecular weight excluding hydrogens is 1100 g/mol. The fourth-order valence-corrected chi connectivity index (χ4v) is 12.1. The summed E-state index contributed by atoms with van der Waals surface area (Å²) in [5.74, 6) is -1.18. The monoisotopic (exact) mass is 1180 g/mol. The molecule has 1 saturated heterocycles. The molecular formula is C63H79F3N10O7S. The van der Waals surface area contributed by atoms with Gasteiger partial charge in [-0.2, -0.15) is 0 Å². The minimum atomic E-state index is -4.83. The molecule has 0 radical (unpaired) electrons. The summed E-state index contributed by atoms with van der Waals surface area (Å²) in [6.07, 6.45) is 9.63. The highest BCUT2D eigenvalue weighted by Gasteiger charge is 2.45. The number of carbonyl (C=O) groups excluding carboxylic acids is 5. The number of nitrogen functional groups attached to an aromatic ring is 1. The zero-order valence-electron chi connectivity index (χ0n) is 48.7. The maximum absolute atomic E-state index is 14.1. The summed E-state index contributed by atoms with van der Waals surface area (Å²) in [7, 11) is 0. The maximum Gasteiger partial charge on any atom is 0.573 e. The van der Waals surface area contributed by atoms with Crippen LogP contribution in [0.25, 0.3) is 32.6 Å². The van der Waals surface area contributed by atoms with Crippen molar-refractivity contribution in [2.24, 2.45) is 5.41 Å². The topological polar surface area (TPSA) is 227 Å². The molecule has 450 valence electrons. The minimum absolute atomic E-state index is 0.0146. The van der Waals surface area contributed by atoms with Crippen molar-refractivity contribution in [1.29, 1.82) is 0 Å². The second kappa shape index (κ2) is 28.5. The Morgan fingerprint density at radius 2 is 1.51 bits per heavy atom. The normalized spacial score (nSPS) is 15.9. The van der Waals surface area contributed by atoms with E-state index in [1.54, 1.807) is 22.3 Å². The van der Waals surface area contributed by atoms with Gasteiger partial charge in [0.25, 0.3) is 0 Å². The number of aliphatic hydroxyl groups excluding tert-OH is 1. The molecule has 0 aliphatic carbocycles. The van der Waals surface area contributed by atoms with Crippen LogP contribution in [0, 0.1) is 12.3 Å². The number of amides is 5.